The number of hydrogen-bond donors (Lipinski definition) is 0. The molecule has 0 saturated carbocycles. The van der Waals surface area contributed by atoms with Crippen LogP contribution < -0.4 is 0 Å². The van der Waals surface area contributed by atoms with Crippen LogP contribution in [0.1, 0.15) is 6.92 Å². The molecule has 0 rings (SSSR count). The summed E-state index contributed by atoms with van der Waals surface area (Å²) in [7, 11) is 1.33. The summed E-state index contributed by atoms with van der Waals surface area (Å²) in [5.41, 5.74) is 0.380. The first-order valence-corrected chi connectivity index (χ1v) is 3.65. The molecule has 1 unspecified atom stereocenters. The van der Waals surface area contributed by atoms with Crippen molar-refractivity contribution in [3.05, 3.63) is 0 Å². The summed E-state index contributed by atoms with van der Waals surface area (Å²) in [6.45, 7) is 5.40. The van der Waals surface area contributed by atoms with Crippen LogP contribution in [-0.2, 0) is 4.43 Å². The molecule has 0 radical (unpaired) electrons. The zero-order chi connectivity index (χ0) is 5.70. The smallest absolute Gasteiger partial charge is 0.184 e. The molecule has 0 spiro atoms. The van der Waals surface area contributed by atoms with Crippen molar-refractivity contribution in [2.24, 2.45) is 4.99 Å². The third-order valence-corrected chi connectivity index (χ3v) is 1.79. The van der Waals surface area contributed by atoms with Crippen LogP contribution >= 0.6 is 0 Å². The Labute approximate surface area is 46.5 Å². The maximum absolute atomic E-state index is 4.90. The Hall–Kier alpha value is -0.153. The van der Waals surface area contributed by atoms with Crippen LogP contribution in [0.3, 0.4) is 0 Å². The number of aliphatic imine (C=N–C) groups is 1. The molecule has 7 heavy (non-hydrogen) atoms. The molecule has 0 amide bonds. The molecule has 3 heteroatoms. The van der Waals surface area contributed by atoms with E-state index in [1.807, 2.05) is 6.92 Å². The maximum atomic E-state index is 4.90. The Bertz CT molecular complexity index is 57.7. The van der Waals surface area contributed by atoms with Crippen molar-refractivity contribution >= 4 is 16.5 Å². The Balaban J connectivity index is 2.98. The van der Waals surface area contributed by atoms with Gasteiger partial charge < -0.3 is 4.43 Å². The van der Waals surface area contributed by atoms with Crippen molar-refractivity contribution in [2.45, 2.75) is 12.6 Å². The van der Waals surface area contributed by atoms with Gasteiger partial charge in [0.2, 0.25) is 0 Å². The Morgan fingerprint density at radius 1 is 1.86 bits per heavy atom. The van der Waals surface area contributed by atoms with Gasteiger partial charge in [-0.2, -0.15) is 0 Å². The van der Waals surface area contributed by atoms with Crippen LogP contribution in [-0.4, -0.2) is 29.3 Å². The van der Waals surface area contributed by atoms with Crippen LogP contribution in [0.15, 0.2) is 4.99 Å². The van der Waals surface area contributed by atoms with E-state index < -0.39 is 0 Å². The fourth-order valence-corrected chi connectivity index (χ4v) is 0.882. The second kappa shape index (κ2) is 4.02. The lowest BCUT2D eigenvalue weighted by Gasteiger charge is -1.98. The highest BCUT2D eigenvalue weighted by atomic mass is 28.2. The fraction of sp³-hybridized carbons (Fsp3) is 0.750. The molecular formula is C4H11NOSi. The van der Waals surface area contributed by atoms with E-state index in [2.05, 4.69) is 11.7 Å². The average Bonchev–Trinajstić information content (AvgIpc) is 1.68. The van der Waals surface area contributed by atoms with E-state index in [1.165, 1.54) is 0 Å². The summed E-state index contributed by atoms with van der Waals surface area (Å²) in [5, 5.41) is 0. The minimum atomic E-state index is -0.383. The molecule has 0 saturated heterocycles. The van der Waals surface area contributed by atoms with Gasteiger partial charge in [-0.25, -0.2) is 0 Å². The number of hydrogen-bond acceptors (Lipinski definition) is 2. The molecule has 0 aromatic carbocycles. The minimum absolute atomic E-state index is 0.380. The molecule has 0 aliphatic carbocycles. The van der Waals surface area contributed by atoms with Crippen LogP contribution in [0.5, 0.6) is 0 Å². The molecule has 0 heterocycles. The van der Waals surface area contributed by atoms with Crippen LogP contribution in [0.2, 0.25) is 0 Å². The lowest BCUT2D eigenvalue weighted by atomic mass is 10.8. The zero-order valence-electron chi connectivity index (χ0n) is 4.85. The SMILES string of the molecule is C=NC(C)[SiH2]OC. The van der Waals surface area contributed by atoms with Gasteiger partial charge in [-0.1, -0.05) is 0 Å². The van der Waals surface area contributed by atoms with Gasteiger partial charge in [-0.05, 0) is 13.6 Å². The van der Waals surface area contributed by atoms with E-state index in [1.54, 1.807) is 7.11 Å². The quantitative estimate of drug-likeness (QED) is 0.369. The Kier molecular flexibility index (Phi) is 3.93. The van der Waals surface area contributed by atoms with Gasteiger partial charge in [0.15, 0.2) is 9.76 Å². The topological polar surface area (TPSA) is 21.6 Å². The molecule has 0 aliphatic rings. The predicted octanol–water partition coefficient (Wildman–Crippen LogP) is -0.237. The van der Waals surface area contributed by atoms with Gasteiger partial charge in [0.1, 0.15) is 0 Å². The van der Waals surface area contributed by atoms with Crippen LogP contribution in [0.25, 0.3) is 0 Å². The maximum Gasteiger partial charge on any atom is 0.184 e. The molecule has 0 aromatic rings. The largest absolute Gasteiger partial charge is 0.425 e. The van der Waals surface area contributed by atoms with Crippen molar-refractivity contribution in [3.63, 3.8) is 0 Å². The average molecular weight is 117 g/mol. The van der Waals surface area contributed by atoms with E-state index in [0.717, 1.165) is 0 Å². The molecule has 0 aromatic heterocycles. The molecule has 1 atom stereocenters. The van der Waals surface area contributed by atoms with Crippen LogP contribution in [0, 0.1) is 0 Å². The molecule has 0 bridgehead atoms. The summed E-state index contributed by atoms with van der Waals surface area (Å²) < 4.78 is 4.90. The number of rotatable bonds is 3. The van der Waals surface area contributed by atoms with E-state index in [9.17, 15) is 0 Å². The van der Waals surface area contributed by atoms with Crippen molar-refractivity contribution in [3.8, 4) is 0 Å². The van der Waals surface area contributed by atoms with Gasteiger partial charge >= 0.3 is 0 Å². The molecule has 2 nitrogen and oxygen atoms in total. The summed E-state index contributed by atoms with van der Waals surface area (Å²) >= 11 is 0. The second-order valence-electron chi connectivity index (χ2n) is 1.49. The highest BCUT2D eigenvalue weighted by Crippen LogP contribution is 1.81. The summed E-state index contributed by atoms with van der Waals surface area (Å²) in [4.78, 5) is 3.76. The van der Waals surface area contributed by atoms with Gasteiger partial charge in [0.05, 0.1) is 5.67 Å². The first-order chi connectivity index (χ1) is 3.31. The number of nitrogens with zero attached hydrogens (tertiary/aromatic N) is 1. The lowest BCUT2D eigenvalue weighted by Crippen LogP contribution is -2.10. The van der Waals surface area contributed by atoms with Gasteiger partial charge in [-0.15, -0.1) is 0 Å². The molecule has 0 N–H and O–H groups in total. The lowest BCUT2D eigenvalue weighted by molar-refractivity contribution is 0.434. The first-order valence-electron chi connectivity index (χ1n) is 2.26. The second-order valence-corrected chi connectivity index (χ2v) is 3.58. The van der Waals surface area contributed by atoms with E-state index in [0.29, 0.717) is 5.67 Å². The zero-order valence-corrected chi connectivity index (χ0v) is 6.26. The molecule has 0 aliphatic heterocycles. The van der Waals surface area contributed by atoms with E-state index >= 15 is 0 Å². The standard InChI is InChI=1S/C4H11NOSi/c1-4(5-2)7-6-3/h4H,2,7H2,1,3H3. The monoisotopic (exact) mass is 117 g/mol. The van der Waals surface area contributed by atoms with Gasteiger partial charge in [0, 0.05) is 7.11 Å². The molecule has 0 fully saturated rings. The molecule has 42 valence electrons. The first kappa shape index (κ1) is 6.85. The summed E-state index contributed by atoms with van der Waals surface area (Å²) in [5.74, 6) is 0. The minimum Gasteiger partial charge on any atom is -0.425 e. The normalized spacial score (nSPS) is 15.1. The Morgan fingerprint density at radius 2 is 2.43 bits per heavy atom. The van der Waals surface area contributed by atoms with Crippen molar-refractivity contribution in [2.75, 3.05) is 7.11 Å². The van der Waals surface area contributed by atoms with Gasteiger partial charge in [0.25, 0.3) is 0 Å². The third-order valence-electron chi connectivity index (χ3n) is 0.720. The molecular weight excluding hydrogens is 106 g/mol. The Morgan fingerprint density at radius 3 is 2.57 bits per heavy atom. The van der Waals surface area contributed by atoms with Crippen molar-refractivity contribution < 1.29 is 4.43 Å². The van der Waals surface area contributed by atoms with E-state index in [4.69, 9.17) is 4.43 Å². The van der Waals surface area contributed by atoms with Crippen molar-refractivity contribution in [1.29, 1.82) is 0 Å². The highest BCUT2D eigenvalue weighted by molar-refractivity contribution is 6.29. The fourth-order valence-electron chi connectivity index (χ4n) is 0.294. The van der Waals surface area contributed by atoms with Gasteiger partial charge in [-0.3, -0.25) is 4.99 Å². The summed E-state index contributed by atoms with van der Waals surface area (Å²) in [6.07, 6.45) is 0. The van der Waals surface area contributed by atoms with E-state index in [-0.39, 0.29) is 9.76 Å². The summed E-state index contributed by atoms with van der Waals surface area (Å²) in [6, 6.07) is 0. The predicted molar refractivity (Wildman–Crippen MR) is 34.6 cm³/mol. The highest BCUT2D eigenvalue weighted by Gasteiger charge is 1.92. The third kappa shape index (κ3) is 3.68. The van der Waals surface area contributed by atoms with Crippen molar-refractivity contribution in [1.82, 2.24) is 0 Å². The van der Waals surface area contributed by atoms with Crippen LogP contribution in [0.4, 0.5) is 0 Å².